The number of aliphatic hydroxyl groups excluding tert-OH is 2. The third-order valence-electron chi connectivity index (χ3n) is 10.0. The maximum atomic E-state index is 13.1. The number of anilines is 2. The van der Waals surface area contributed by atoms with E-state index in [-0.39, 0.29) is 48.1 Å². The number of hydrogen-bond acceptors (Lipinski definition) is 12. The molecule has 4 heterocycles. The van der Waals surface area contributed by atoms with Gasteiger partial charge in [-0.05, 0) is 60.4 Å². The second-order valence-electron chi connectivity index (χ2n) is 13.4. The van der Waals surface area contributed by atoms with Crippen LogP contribution in [0.5, 0.6) is 11.5 Å². The Morgan fingerprint density at radius 3 is 2.26 bits per heavy atom. The zero-order chi connectivity index (χ0) is 37.2. The lowest BCUT2D eigenvalue weighted by Crippen LogP contribution is -2.42. The third kappa shape index (κ3) is 7.40. The molecule has 15 nitrogen and oxygen atoms in total. The number of aromatic hydroxyl groups is 2. The van der Waals surface area contributed by atoms with Gasteiger partial charge < -0.3 is 40.5 Å². The number of carbonyl (C=O) groups excluding carboxylic acids is 2. The van der Waals surface area contributed by atoms with Crippen molar-refractivity contribution in [2.75, 3.05) is 29.9 Å². The number of carbonyl (C=O) groups is 2. The Kier molecular flexibility index (Phi) is 10.3. The van der Waals surface area contributed by atoms with Gasteiger partial charge in [0.15, 0.2) is 17.0 Å². The number of phenolic OH excluding ortho intramolecular Hbond substituents is 2. The predicted octanol–water partition coefficient (Wildman–Crippen LogP) is 3.31. The minimum Gasteiger partial charge on any atom is -0.508 e. The summed E-state index contributed by atoms with van der Waals surface area (Å²) >= 11 is 6.61. The minimum absolute atomic E-state index is 0.136. The smallest absolute Gasteiger partial charge is 0.268 e. The quantitative estimate of drug-likeness (QED) is 0.108. The largest absolute Gasteiger partial charge is 0.508 e. The van der Waals surface area contributed by atoms with Crippen molar-refractivity contribution >= 4 is 46.5 Å². The molecule has 1 aliphatic carbocycles. The SMILES string of the molecule is CCC(=O)N[C@H]1C[C@@H](n2cnc3c(NCC(c4ccc(O)cc4)c4ccc(O)cc4)nc(N4CC[C@@H](N(Cl)C(=O)c5ccncc5)C4)nc32)[C@H](O)[C@@H]1O. The number of rotatable bonds is 11. The number of fused-ring (bicyclic) bond motifs is 1. The van der Waals surface area contributed by atoms with Crippen LogP contribution in [0.2, 0.25) is 0 Å². The molecule has 5 atom stereocenters. The summed E-state index contributed by atoms with van der Waals surface area (Å²) in [6.07, 6.45) is 3.26. The van der Waals surface area contributed by atoms with Crippen LogP contribution in [0.3, 0.4) is 0 Å². The highest BCUT2D eigenvalue weighted by Crippen LogP contribution is 2.36. The molecule has 1 saturated heterocycles. The molecule has 0 spiro atoms. The Morgan fingerprint density at radius 1 is 0.962 bits per heavy atom. The Morgan fingerprint density at radius 2 is 1.62 bits per heavy atom. The number of phenols is 2. The van der Waals surface area contributed by atoms with Gasteiger partial charge in [0.25, 0.3) is 5.91 Å². The number of halogens is 1. The van der Waals surface area contributed by atoms with Gasteiger partial charge in [0, 0.05) is 61.7 Å². The van der Waals surface area contributed by atoms with Crippen LogP contribution in [0.1, 0.15) is 59.6 Å². The molecule has 276 valence electrons. The van der Waals surface area contributed by atoms with E-state index in [9.17, 15) is 30.0 Å². The highest BCUT2D eigenvalue weighted by Gasteiger charge is 2.44. The fraction of sp³-hybridized carbons (Fsp3) is 0.351. The van der Waals surface area contributed by atoms with Gasteiger partial charge in [0.05, 0.1) is 24.5 Å². The highest BCUT2D eigenvalue weighted by atomic mass is 35.5. The van der Waals surface area contributed by atoms with E-state index >= 15 is 0 Å². The Bertz CT molecular complexity index is 2020. The third-order valence-corrected chi connectivity index (χ3v) is 10.5. The van der Waals surface area contributed by atoms with Crippen molar-refractivity contribution in [1.82, 2.24) is 34.2 Å². The molecular weight excluding hydrogens is 702 g/mol. The molecule has 7 rings (SSSR count). The number of benzene rings is 2. The first-order valence-electron chi connectivity index (χ1n) is 17.5. The fourth-order valence-electron chi connectivity index (χ4n) is 7.08. The van der Waals surface area contributed by atoms with Crippen LogP contribution in [-0.2, 0) is 4.79 Å². The molecule has 5 aromatic rings. The average Bonchev–Trinajstić information content (AvgIpc) is 3.91. The summed E-state index contributed by atoms with van der Waals surface area (Å²) < 4.78 is 2.92. The number of aromatic nitrogens is 5. The van der Waals surface area contributed by atoms with Gasteiger partial charge >= 0.3 is 0 Å². The summed E-state index contributed by atoms with van der Waals surface area (Å²) in [5, 5.41) is 48.3. The number of imidazole rings is 1. The molecule has 53 heavy (non-hydrogen) atoms. The Labute approximate surface area is 310 Å². The van der Waals surface area contributed by atoms with Crippen LogP contribution in [0.25, 0.3) is 11.2 Å². The molecule has 0 unspecified atom stereocenters. The zero-order valence-corrected chi connectivity index (χ0v) is 29.6. The summed E-state index contributed by atoms with van der Waals surface area (Å²) in [5.74, 6) is 0.222. The first-order chi connectivity index (χ1) is 25.6. The zero-order valence-electron chi connectivity index (χ0n) is 28.8. The Balaban J connectivity index is 1.23. The van der Waals surface area contributed by atoms with E-state index in [0.717, 1.165) is 11.1 Å². The van der Waals surface area contributed by atoms with Gasteiger partial charge in [-0.15, -0.1) is 0 Å². The van der Waals surface area contributed by atoms with E-state index < -0.39 is 24.3 Å². The van der Waals surface area contributed by atoms with Gasteiger partial charge in [-0.1, -0.05) is 31.2 Å². The highest BCUT2D eigenvalue weighted by molar-refractivity contribution is 6.24. The molecule has 2 aliphatic rings. The molecule has 2 aromatic carbocycles. The van der Waals surface area contributed by atoms with Crippen LogP contribution in [-0.4, -0.2) is 105 Å². The lowest BCUT2D eigenvalue weighted by molar-refractivity contribution is -0.122. The predicted molar refractivity (Wildman–Crippen MR) is 197 cm³/mol. The lowest BCUT2D eigenvalue weighted by atomic mass is 9.91. The number of hydrogen-bond donors (Lipinski definition) is 6. The normalized spacial score (nSPS) is 21.3. The number of pyridine rings is 1. The number of nitrogens with one attached hydrogen (secondary N) is 2. The maximum Gasteiger partial charge on any atom is 0.268 e. The van der Waals surface area contributed by atoms with Gasteiger partial charge in [-0.2, -0.15) is 9.97 Å². The van der Waals surface area contributed by atoms with Gasteiger partial charge in [0.2, 0.25) is 11.9 Å². The van der Waals surface area contributed by atoms with Gasteiger partial charge in [-0.3, -0.25) is 14.6 Å². The lowest BCUT2D eigenvalue weighted by Gasteiger charge is -2.23. The molecular formula is C37H40ClN9O6. The molecule has 3 aromatic heterocycles. The molecule has 2 fully saturated rings. The van der Waals surface area contributed by atoms with E-state index in [2.05, 4.69) is 20.6 Å². The van der Waals surface area contributed by atoms with Crippen molar-refractivity contribution in [3.05, 3.63) is 96.1 Å². The maximum absolute atomic E-state index is 13.1. The second-order valence-corrected chi connectivity index (χ2v) is 13.7. The molecule has 2 amide bonds. The van der Waals surface area contributed by atoms with Gasteiger partial charge in [-0.25, -0.2) is 9.40 Å². The molecule has 0 bridgehead atoms. The fourth-order valence-corrected chi connectivity index (χ4v) is 7.34. The summed E-state index contributed by atoms with van der Waals surface area (Å²) in [6, 6.07) is 15.4. The van der Waals surface area contributed by atoms with Crippen molar-refractivity contribution < 1.29 is 30.0 Å². The van der Waals surface area contributed by atoms with Crippen molar-refractivity contribution in [1.29, 1.82) is 0 Å². The van der Waals surface area contributed by atoms with Gasteiger partial charge in [0.1, 0.15) is 23.7 Å². The molecule has 1 aliphatic heterocycles. The molecule has 1 saturated carbocycles. The standard InChI is InChI=1S/C37H40ClN9O6/c1-2-30(50)42-28-17-29(33(52)32(28)51)46-20-41-31-34(40-18-27(21-3-7-25(48)8-4-21)22-5-9-26(49)10-6-22)43-37(44-35(31)46)45-16-13-24(19-45)47(38)36(53)23-11-14-39-15-12-23/h3-12,14-15,20,24,27-29,32-33,48-49,51-52H,2,13,16-19H2,1H3,(H,42,50)(H,40,43,44)/t24-,28+,29-,32-,33+/m1/s1. The molecule has 0 radical (unpaired) electrons. The van der Waals surface area contributed by atoms with Crippen LogP contribution in [0, 0.1) is 0 Å². The Hall–Kier alpha value is -5.51. The van der Waals surface area contributed by atoms with E-state index in [0.29, 0.717) is 54.5 Å². The van der Waals surface area contributed by atoms with Crippen LogP contribution in [0.15, 0.2) is 79.4 Å². The summed E-state index contributed by atoms with van der Waals surface area (Å²) in [4.78, 5) is 45.8. The molecule has 16 heteroatoms. The van der Waals surface area contributed by atoms with Crippen molar-refractivity contribution in [3.8, 4) is 11.5 Å². The summed E-state index contributed by atoms with van der Waals surface area (Å²) in [6.45, 7) is 2.90. The summed E-state index contributed by atoms with van der Waals surface area (Å²) in [7, 11) is 0. The first-order valence-corrected chi connectivity index (χ1v) is 17.8. The second kappa shape index (κ2) is 15.2. The molecule has 6 N–H and O–H groups in total. The van der Waals surface area contributed by atoms with Crippen molar-refractivity contribution in [3.63, 3.8) is 0 Å². The van der Waals surface area contributed by atoms with E-state index in [1.165, 1.54) is 16.8 Å². The number of amides is 2. The van der Waals surface area contributed by atoms with Crippen LogP contribution < -0.4 is 15.5 Å². The van der Waals surface area contributed by atoms with Crippen LogP contribution in [0.4, 0.5) is 11.8 Å². The van der Waals surface area contributed by atoms with E-state index in [1.54, 1.807) is 54.2 Å². The number of aliphatic hydroxyl groups is 2. The summed E-state index contributed by atoms with van der Waals surface area (Å²) in [5.41, 5.74) is 3.06. The topological polar surface area (TPSA) is 202 Å². The average molecular weight is 742 g/mol. The van der Waals surface area contributed by atoms with Crippen LogP contribution >= 0.6 is 11.8 Å². The minimum atomic E-state index is -1.21. The van der Waals surface area contributed by atoms with Crippen molar-refractivity contribution in [2.45, 2.75) is 62.4 Å². The van der Waals surface area contributed by atoms with Crippen molar-refractivity contribution in [2.24, 2.45) is 0 Å². The monoisotopic (exact) mass is 741 g/mol. The van der Waals surface area contributed by atoms with E-state index in [4.69, 9.17) is 21.7 Å². The number of nitrogens with zero attached hydrogens (tertiary/aromatic N) is 7. The van der Waals surface area contributed by atoms with E-state index in [1.807, 2.05) is 29.2 Å². The first kappa shape index (κ1) is 35.9.